The van der Waals surface area contributed by atoms with Crippen LogP contribution < -0.4 is 4.90 Å². The third-order valence-corrected chi connectivity index (χ3v) is 2.92. The smallest absolute Gasteiger partial charge is 0.422 e. The third kappa shape index (κ3) is 2.62. The Balaban J connectivity index is 2.55. The second-order valence-corrected chi connectivity index (χ2v) is 4.15. The van der Waals surface area contributed by atoms with E-state index in [2.05, 4.69) is 26.1 Å². The molecule has 0 saturated carbocycles. The van der Waals surface area contributed by atoms with Gasteiger partial charge in [0, 0.05) is 17.6 Å². The van der Waals surface area contributed by atoms with Gasteiger partial charge in [0.2, 0.25) is 0 Å². The molecule has 0 aliphatic carbocycles. The first-order valence-electron chi connectivity index (χ1n) is 5.27. The average Bonchev–Trinajstić information content (AvgIpc) is 2.87. The van der Waals surface area contributed by atoms with Crippen molar-refractivity contribution in [3.05, 3.63) is 30.1 Å². The van der Waals surface area contributed by atoms with Gasteiger partial charge in [0.05, 0.1) is 11.3 Å². The molecule has 0 aliphatic heterocycles. The lowest BCUT2D eigenvalue weighted by atomic mass is 10.2. The van der Waals surface area contributed by atoms with E-state index in [9.17, 15) is 9.59 Å². The van der Waals surface area contributed by atoms with Crippen LogP contribution in [0.25, 0.3) is 11.3 Å². The Morgan fingerprint density at radius 1 is 1.35 bits per heavy atom. The molecule has 0 spiro atoms. The van der Waals surface area contributed by atoms with Crippen LogP contribution in [0.1, 0.15) is 5.69 Å². The number of halogens is 1. The summed E-state index contributed by atoms with van der Waals surface area (Å²) in [5.74, 6) is -0.0279. The Morgan fingerprint density at radius 3 is 2.60 bits per heavy atom. The summed E-state index contributed by atoms with van der Waals surface area (Å²) in [6.07, 6.45) is -2.02. The summed E-state index contributed by atoms with van der Waals surface area (Å²) in [7, 11) is 0. The number of rotatable bonds is 3. The van der Waals surface area contributed by atoms with Crippen LogP contribution in [0.4, 0.5) is 15.4 Å². The number of hydrogen-bond donors (Lipinski definition) is 2. The Hall–Kier alpha value is -2.42. The van der Waals surface area contributed by atoms with Crippen LogP contribution in [-0.4, -0.2) is 32.5 Å². The molecule has 20 heavy (non-hydrogen) atoms. The molecule has 0 saturated heterocycles. The highest BCUT2D eigenvalue weighted by atomic mass is 79.9. The van der Waals surface area contributed by atoms with E-state index in [1.165, 1.54) is 18.3 Å². The van der Waals surface area contributed by atoms with Gasteiger partial charge in [-0.25, -0.2) is 14.6 Å². The Labute approximate surface area is 120 Å². The van der Waals surface area contributed by atoms with Gasteiger partial charge in [-0.2, -0.15) is 4.90 Å². The van der Waals surface area contributed by atoms with E-state index >= 15 is 0 Å². The normalized spacial score (nSPS) is 10.2. The first-order chi connectivity index (χ1) is 9.54. The van der Waals surface area contributed by atoms with Crippen molar-refractivity contribution in [3.8, 4) is 11.3 Å². The molecule has 0 radical (unpaired) electrons. The molecule has 2 N–H and O–H groups in total. The molecule has 2 aromatic heterocycles. The summed E-state index contributed by atoms with van der Waals surface area (Å²) in [5, 5.41) is 22.1. The van der Waals surface area contributed by atoms with Crippen LogP contribution in [0.2, 0.25) is 0 Å². The Bertz CT molecular complexity index is 643. The monoisotopic (exact) mass is 341 g/mol. The molecular weight excluding hydrogens is 334 g/mol. The molecule has 0 atom stereocenters. The Morgan fingerprint density at radius 2 is 2.05 bits per heavy atom. The highest BCUT2D eigenvalue weighted by Gasteiger charge is 2.27. The van der Waals surface area contributed by atoms with Crippen LogP contribution in [0.15, 0.2) is 28.9 Å². The number of aromatic nitrogens is 2. The molecule has 9 heteroatoms. The van der Waals surface area contributed by atoms with Crippen molar-refractivity contribution in [3.63, 3.8) is 0 Å². The minimum atomic E-state index is -1.65. The summed E-state index contributed by atoms with van der Waals surface area (Å²) in [5.41, 5.74) is 0.809. The molecule has 2 heterocycles. The summed E-state index contributed by atoms with van der Waals surface area (Å²) in [6, 6.07) is 4.61. The van der Waals surface area contributed by atoms with Crippen molar-refractivity contribution in [1.82, 2.24) is 10.1 Å². The predicted octanol–water partition coefficient (Wildman–Crippen LogP) is 2.79. The molecule has 104 valence electrons. The van der Waals surface area contributed by atoms with Gasteiger partial charge < -0.3 is 14.7 Å². The minimum absolute atomic E-state index is 0.117. The molecule has 0 bridgehead atoms. The number of carboxylic acid groups (broad SMARTS) is 2. The first-order valence-corrected chi connectivity index (χ1v) is 6.39. The molecule has 2 rings (SSSR count). The molecule has 0 aliphatic rings. The van der Waals surface area contributed by atoms with Gasteiger partial charge in [0.25, 0.3) is 0 Å². The quantitative estimate of drug-likeness (QED) is 0.824. The van der Waals surface area contributed by atoms with E-state index < -0.39 is 12.2 Å². The number of carbonyl (C=O) groups is 2. The van der Waals surface area contributed by atoms with Crippen LogP contribution >= 0.6 is 15.9 Å². The van der Waals surface area contributed by atoms with Gasteiger partial charge in [-0.1, -0.05) is 21.1 Å². The maximum Gasteiger partial charge on any atom is 0.422 e. The summed E-state index contributed by atoms with van der Waals surface area (Å²) in [4.78, 5) is 26.0. The summed E-state index contributed by atoms with van der Waals surface area (Å²) < 4.78 is 5.06. The zero-order chi connectivity index (χ0) is 14.7. The van der Waals surface area contributed by atoms with E-state index in [1.807, 2.05) is 0 Å². The van der Waals surface area contributed by atoms with Crippen molar-refractivity contribution in [2.45, 2.75) is 5.33 Å². The molecule has 8 nitrogen and oxygen atoms in total. The number of pyridine rings is 1. The van der Waals surface area contributed by atoms with Crippen LogP contribution in [-0.2, 0) is 5.33 Å². The van der Waals surface area contributed by atoms with E-state index in [0.717, 1.165) is 0 Å². The molecular formula is C11H8BrN3O5. The van der Waals surface area contributed by atoms with E-state index in [4.69, 9.17) is 14.7 Å². The fourth-order valence-corrected chi connectivity index (χ4v) is 1.80. The van der Waals surface area contributed by atoms with Crippen molar-refractivity contribution < 1.29 is 24.3 Å². The number of amides is 2. The van der Waals surface area contributed by atoms with Gasteiger partial charge in [0.1, 0.15) is 0 Å². The molecule has 2 aromatic rings. The second-order valence-electron chi connectivity index (χ2n) is 3.59. The maximum atomic E-state index is 11.0. The second kappa shape index (κ2) is 5.70. The van der Waals surface area contributed by atoms with E-state index in [0.29, 0.717) is 11.0 Å². The average molecular weight is 342 g/mol. The lowest BCUT2D eigenvalue weighted by Gasteiger charge is -2.14. The highest BCUT2D eigenvalue weighted by molar-refractivity contribution is 9.08. The van der Waals surface area contributed by atoms with Gasteiger partial charge in [-0.3, -0.25) is 0 Å². The number of nitrogens with zero attached hydrogens (tertiary/aromatic N) is 3. The van der Waals surface area contributed by atoms with Crippen molar-refractivity contribution >= 4 is 33.9 Å². The zero-order valence-corrected chi connectivity index (χ0v) is 11.4. The largest absolute Gasteiger partial charge is 0.464 e. The SMILES string of the molecule is O=C(O)N(C(=O)O)c1ncccc1-c1cc(CBr)no1. The number of imide groups is 1. The fraction of sp³-hybridized carbons (Fsp3) is 0.0909. The van der Waals surface area contributed by atoms with Gasteiger partial charge in [0.15, 0.2) is 11.6 Å². The maximum absolute atomic E-state index is 11.0. The van der Waals surface area contributed by atoms with E-state index in [1.54, 1.807) is 6.07 Å². The molecule has 0 unspecified atom stereocenters. The Kier molecular flexibility index (Phi) is 3.99. The zero-order valence-electron chi connectivity index (χ0n) is 9.86. The predicted molar refractivity (Wildman–Crippen MR) is 70.9 cm³/mol. The standard InChI is InChI=1S/C11H8BrN3O5/c12-5-6-4-8(20-14-6)7-2-1-3-13-9(7)15(10(16)17)11(18)19/h1-4H,5H2,(H,16,17)(H,18,19). The molecule has 0 aromatic carbocycles. The minimum Gasteiger partial charge on any atom is -0.464 e. The fourth-order valence-electron chi connectivity index (χ4n) is 1.53. The topological polar surface area (TPSA) is 117 Å². The van der Waals surface area contributed by atoms with Crippen LogP contribution in [0.3, 0.4) is 0 Å². The van der Waals surface area contributed by atoms with Crippen molar-refractivity contribution in [1.29, 1.82) is 0 Å². The van der Waals surface area contributed by atoms with Crippen LogP contribution in [0.5, 0.6) is 0 Å². The van der Waals surface area contributed by atoms with Gasteiger partial charge in [-0.15, -0.1) is 0 Å². The third-order valence-electron chi connectivity index (χ3n) is 2.34. The number of hydrogen-bond acceptors (Lipinski definition) is 5. The lowest BCUT2D eigenvalue weighted by Crippen LogP contribution is -2.35. The van der Waals surface area contributed by atoms with Crippen molar-refractivity contribution in [2.24, 2.45) is 0 Å². The van der Waals surface area contributed by atoms with Gasteiger partial charge >= 0.3 is 12.2 Å². The number of alkyl halides is 1. The van der Waals surface area contributed by atoms with Gasteiger partial charge in [-0.05, 0) is 12.1 Å². The highest BCUT2D eigenvalue weighted by Crippen LogP contribution is 2.29. The van der Waals surface area contributed by atoms with E-state index in [-0.39, 0.29) is 22.0 Å². The summed E-state index contributed by atoms with van der Waals surface area (Å²) in [6.45, 7) is 0. The first kappa shape index (κ1) is 14.0. The summed E-state index contributed by atoms with van der Waals surface area (Å²) >= 11 is 3.20. The molecule has 2 amide bonds. The van der Waals surface area contributed by atoms with Crippen LogP contribution in [0, 0.1) is 0 Å². The van der Waals surface area contributed by atoms with Crippen molar-refractivity contribution in [2.75, 3.05) is 4.90 Å². The number of anilines is 1. The molecule has 0 fully saturated rings. The lowest BCUT2D eigenvalue weighted by molar-refractivity contribution is 0.184.